The number of anilines is 1. The molecule has 1 aliphatic rings. The minimum atomic E-state index is -0.00686. The average Bonchev–Trinajstić information content (AvgIpc) is 2.77. The third kappa shape index (κ3) is 4.20. The van der Waals surface area contributed by atoms with E-state index < -0.39 is 0 Å². The Hall–Kier alpha value is -1.10. The highest BCUT2D eigenvalue weighted by atomic mass is 35.5. The Morgan fingerprint density at radius 2 is 2.42 bits per heavy atom. The number of benzene rings is 1. The van der Waals surface area contributed by atoms with Crippen molar-refractivity contribution >= 4 is 23.2 Å². The third-order valence-electron chi connectivity index (χ3n) is 3.53. The van der Waals surface area contributed by atoms with E-state index in [-0.39, 0.29) is 11.9 Å². The highest BCUT2D eigenvalue weighted by Crippen LogP contribution is 2.19. The van der Waals surface area contributed by atoms with Gasteiger partial charge in [-0.25, -0.2) is 0 Å². The Kier molecular flexibility index (Phi) is 4.80. The van der Waals surface area contributed by atoms with Crippen LogP contribution in [0.25, 0.3) is 0 Å². The largest absolute Gasteiger partial charge is 0.328 e. The van der Waals surface area contributed by atoms with Crippen molar-refractivity contribution in [3.05, 3.63) is 29.3 Å². The topological polar surface area (TPSA) is 58.4 Å². The normalized spacial score (nSPS) is 21.3. The first-order valence-corrected chi connectivity index (χ1v) is 6.96. The van der Waals surface area contributed by atoms with Crippen molar-refractivity contribution in [3.8, 4) is 0 Å². The zero-order valence-corrected chi connectivity index (χ0v) is 11.9. The lowest BCUT2D eigenvalue weighted by molar-refractivity contribution is -0.117. The second-order valence-corrected chi connectivity index (χ2v) is 5.64. The molecule has 2 rings (SSSR count). The quantitative estimate of drug-likeness (QED) is 0.887. The number of hydrogen-bond donors (Lipinski definition) is 2. The minimum absolute atomic E-state index is 0.00686. The highest BCUT2D eigenvalue weighted by Gasteiger charge is 2.26. The van der Waals surface area contributed by atoms with Gasteiger partial charge in [-0.05, 0) is 44.0 Å². The molecule has 1 fully saturated rings. The van der Waals surface area contributed by atoms with Crippen molar-refractivity contribution in [2.24, 2.45) is 11.7 Å². The van der Waals surface area contributed by atoms with Crippen LogP contribution in [0.2, 0.25) is 5.02 Å². The summed E-state index contributed by atoms with van der Waals surface area (Å²) < 4.78 is 0. The number of nitrogens with one attached hydrogen (secondary N) is 1. The van der Waals surface area contributed by atoms with E-state index in [2.05, 4.69) is 10.2 Å². The van der Waals surface area contributed by atoms with Crippen molar-refractivity contribution < 1.29 is 4.79 Å². The zero-order valence-electron chi connectivity index (χ0n) is 11.1. The molecule has 0 bridgehead atoms. The van der Waals surface area contributed by atoms with Gasteiger partial charge in [-0.1, -0.05) is 17.7 Å². The summed E-state index contributed by atoms with van der Waals surface area (Å²) in [4.78, 5) is 14.1. The van der Waals surface area contributed by atoms with E-state index in [0.29, 0.717) is 17.5 Å². The van der Waals surface area contributed by atoms with Crippen LogP contribution in [0, 0.1) is 5.92 Å². The predicted molar refractivity (Wildman–Crippen MR) is 78.3 cm³/mol. The molecule has 104 valence electrons. The van der Waals surface area contributed by atoms with Gasteiger partial charge in [-0.2, -0.15) is 0 Å². The van der Waals surface area contributed by atoms with Crippen LogP contribution in [0.3, 0.4) is 0 Å². The fraction of sp³-hybridized carbons (Fsp3) is 0.500. The van der Waals surface area contributed by atoms with E-state index in [1.54, 1.807) is 12.1 Å². The first-order chi connectivity index (χ1) is 9.04. The van der Waals surface area contributed by atoms with Crippen LogP contribution in [-0.4, -0.2) is 36.5 Å². The molecule has 1 amide bonds. The fourth-order valence-corrected chi connectivity index (χ4v) is 2.60. The number of amides is 1. The lowest BCUT2D eigenvalue weighted by atomic mass is 10.0. The average molecular weight is 282 g/mol. The molecule has 4 nitrogen and oxygen atoms in total. The van der Waals surface area contributed by atoms with Gasteiger partial charge in [0.2, 0.25) is 5.91 Å². The molecule has 1 heterocycles. The van der Waals surface area contributed by atoms with Crippen LogP contribution < -0.4 is 11.1 Å². The Morgan fingerprint density at radius 3 is 3.05 bits per heavy atom. The fourth-order valence-electron chi connectivity index (χ4n) is 2.41. The molecule has 19 heavy (non-hydrogen) atoms. The van der Waals surface area contributed by atoms with E-state index in [1.807, 2.05) is 19.1 Å². The maximum atomic E-state index is 11.9. The number of hydrogen-bond acceptors (Lipinski definition) is 3. The van der Waals surface area contributed by atoms with Crippen LogP contribution in [0.1, 0.15) is 13.3 Å². The maximum absolute atomic E-state index is 11.9. The number of nitrogens with two attached hydrogens (primary N) is 1. The van der Waals surface area contributed by atoms with Crippen LogP contribution in [0.5, 0.6) is 0 Å². The Labute approximate surface area is 118 Å². The van der Waals surface area contributed by atoms with Gasteiger partial charge < -0.3 is 11.1 Å². The molecule has 0 saturated carbocycles. The van der Waals surface area contributed by atoms with Crippen LogP contribution in [-0.2, 0) is 4.79 Å². The van der Waals surface area contributed by atoms with E-state index in [1.165, 1.54) is 0 Å². The summed E-state index contributed by atoms with van der Waals surface area (Å²) in [5.74, 6) is 0.492. The van der Waals surface area contributed by atoms with Gasteiger partial charge in [0.15, 0.2) is 0 Å². The monoisotopic (exact) mass is 281 g/mol. The molecule has 2 unspecified atom stereocenters. The Morgan fingerprint density at radius 1 is 1.63 bits per heavy atom. The number of carbonyl (C=O) groups is 1. The summed E-state index contributed by atoms with van der Waals surface area (Å²) in [6.07, 6.45) is 1.07. The van der Waals surface area contributed by atoms with Crippen molar-refractivity contribution in [1.29, 1.82) is 0 Å². The van der Waals surface area contributed by atoms with Gasteiger partial charge >= 0.3 is 0 Å². The molecular formula is C14H20ClN3O. The molecule has 2 atom stereocenters. The van der Waals surface area contributed by atoms with Gasteiger partial charge in [0.05, 0.1) is 6.54 Å². The summed E-state index contributed by atoms with van der Waals surface area (Å²) in [6, 6.07) is 7.37. The van der Waals surface area contributed by atoms with Gasteiger partial charge in [0.25, 0.3) is 0 Å². The van der Waals surface area contributed by atoms with E-state index in [9.17, 15) is 4.79 Å². The second kappa shape index (κ2) is 6.37. The third-order valence-corrected chi connectivity index (χ3v) is 3.76. The van der Waals surface area contributed by atoms with Gasteiger partial charge in [0, 0.05) is 23.3 Å². The molecule has 1 saturated heterocycles. The summed E-state index contributed by atoms with van der Waals surface area (Å²) in [7, 11) is 0. The number of carbonyl (C=O) groups excluding carboxylic acids is 1. The van der Waals surface area contributed by atoms with Gasteiger partial charge in [-0.3, -0.25) is 9.69 Å². The highest BCUT2D eigenvalue weighted by molar-refractivity contribution is 6.30. The van der Waals surface area contributed by atoms with Crippen molar-refractivity contribution in [2.45, 2.75) is 19.4 Å². The molecule has 5 heteroatoms. The van der Waals surface area contributed by atoms with Gasteiger partial charge in [-0.15, -0.1) is 0 Å². The van der Waals surface area contributed by atoms with E-state index in [4.69, 9.17) is 17.3 Å². The van der Waals surface area contributed by atoms with Crippen molar-refractivity contribution in [2.75, 3.05) is 25.0 Å². The van der Waals surface area contributed by atoms with E-state index >= 15 is 0 Å². The zero-order chi connectivity index (χ0) is 13.8. The number of rotatable bonds is 4. The Bertz CT molecular complexity index is 450. The summed E-state index contributed by atoms with van der Waals surface area (Å²) >= 11 is 5.88. The molecular weight excluding hydrogens is 262 g/mol. The maximum Gasteiger partial charge on any atom is 0.238 e. The van der Waals surface area contributed by atoms with Crippen molar-refractivity contribution in [1.82, 2.24) is 4.90 Å². The smallest absolute Gasteiger partial charge is 0.238 e. The molecule has 3 N–H and O–H groups in total. The number of likely N-dealkylation sites (tertiary alicyclic amines) is 1. The molecule has 0 aromatic heterocycles. The van der Waals surface area contributed by atoms with Crippen LogP contribution in [0.15, 0.2) is 24.3 Å². The number of nitrogens with zero attached hydrogens (tertiary/aromatic N) is 1. The summed E-state index contributed by atoms with van der Waals surface area (Å²) in [6.45, 7) is 4.28. The lowest BCUT2D eigenvalue weighted by Gasteiger charge is -2.17. The second-order valence-electron chi connectivity index (χ2n) is 5.20. The standard InChI is InChI=1S/C14H20ClN3O/c1-10(16)11-5-6-18(8-11)9-14(19)17-13-4-2-3-12(15)7-13/h2-4,7,10-11H,5-6,8-9,16H2,1H3,(H,17,19). The first kappa shape index (κ1) is 14.3. The molecule has 0 aliphatic carbocycles. The first-order valence-electron chi connectivity index (χ1n) is 6.58. The predicted octanol–water partition coefficient (Wildman–Crippen LogP) is 1.95. The summed E-state index contributed by atoms with van der Waals surface area (Å²) in [5.41, 5.74) is 6.63. The molecule has 0 spiro atoms. The van der Waals surface area contributed by atoms with E-state index in [0.717, 1.165) is 25.2 Å². The Balaban J connectivity index is 1.82. The summed E-state index contributed by atoms with van der Waals surface area (Å²) in [5, 5.41) is 3.48. The van der Waals surface area contributed by atoms with Crippen LogP contribution >= 0.6 is 11.6 Å². The minimum Gasteiger partial charge on any atom is -0.328 e. The lowest BCUT2D eigenvalue weighted by Crippen LogP contribution is -2.34. The molecule has 1 aromatic carbocycles. The molecule has 1 aliphatic heterocycles. The molecule has 0 radical (unpaired) electrons. The van der Waals surface area contributed by atoms with Gasteiger partial charge in [0.1, 0.15) is 0 Å². The van der Waals surface area contributed by atoms with Crippen molar-refractivity contribution in [3.63, 3.8) is 0 Å². The number of halogens is 1. The van der Waals surface area contributed by atoms with Crippen LogP contribution in [0.4, 0.5) is 5.69 Å². The SMILES string of the molecule is CC(N)C1CCN(CC(=O)Nc2cccc(Cl)c2)C1. The molecule has 1 aromatic rings.